The normalized spacial score (nSPS) is 20.6. The molecule has 0 radical (unpaired) electrons. The molecule has 6 heteroatoms. The van der Waals surface area contributed by atoms with Gasteiger partial charge in [-0.15, -0.1) is 24.8 Å². The van der Waals surface area contributed by atoms with Gasteiger partial charge in [0.2, 0.25) is 0 Å². The summed E-state index contributed by atoms with van der Waals surface area (Å²) >= 11 is 3.67. The Kier molecular flexibility index (Phi) is 9.98. The molecule has 1 aliphatic carbocycles. The molecule has 2 aliphatic rings. The predicted molar refractivity (Wildman–Crippen MR) is 109 cm³/mol. The zero-order chi connectivity index (χ0) is 15.4. The molecule has 2 fully saturated rings. The van der Waals surface area contributed by atoms with Gasteiger partial charge in [-0.1, -0.05) is 25.3 Å². The first kappa shape index (κ1) is 22.0. The second kappa shape index (κ2) is 10.9. The molecule has 3 nitrogen and oxygen atoms in total. The van der Waals surface area contributed by atoms with Crippen LogP contribution in [0.2, 0.25) is 0 Å². The fourth-order valence-electron chi connectivity index (χ4n) is 4.06. The molecule has 0 bridgehead atoms. The molecule has 1 saturated carbocycles. The van der Waals surface area contributed by atoms with Crippen molar-refractivity contribution >= 4 is 40.7 Å². The van der Waals surface area contributed by atoms with Crippen LogP contribution < -0.4 is 10.1 Å². The van der Waals surface area contributed by atoms with Gasteiger partial charge in [0.25, 0.3) is 0 Å². The minimum atomic E-state index is 0. The number of piperazine rings is 1. The van der Waals surface area contributed by atoms with Crippen LogP contribution in [0.15, 0.2) is 22.7 Å². The smallest absolute Gasteiger partial charge is 0.133 e. The van der Waals surface area contributed by atoms with E-state index < -0.39 is 0 Å². The Morgan fingerprint density at radius 2 is 1.79 bits per heavy atom. The topological polar surface area (TPSA) is 24.5 Å². The van der Waals surface area contributed by atoms with Crippen molar-refractivity contribution < 1.29 is 4.74 Å². The number of nitrogens with one attached hydrogen (secondary N) is 1. The monoisotopic (exact) mass is 438 g/mol. The first-order valence-corrected chi connectivity index (χ1v) is 9.37. The molecule has 138 valence electrons. The molecule has 3 rings (SSSR count). The van der Waals surface area contributed by atoms with Gasteiger partial charge in [0.1, 0.15) is 5.75 Å². The van der Waals surface area contributed by atoms with Crippen LogP contribution in [0.1, 0.15) is 43.7 Å². The SMILES string of the molecule is COc1ccc([C@H](C2CCCCC2)N2CCNCC2)cc1Br.Cl.Cl. The third kappa shape index (κ3) is 5.25. The summed E-state index contributed by atoms with van der Waals surface area (Å²) in [4.78, 5) is 2.70. The highest BCUT2D eigenvalue weighted by atomic mass is 79.9. The number of hydrogen-bond donors (Lipinski definition) is 1. The summed E-state index contributed by atoms with van der Waals surface area (Å²) in [5.41, 5.74) is 1.45. The summed E-state index contributed by atoms with van der Waals surface area (Å²) < 4.78 is 6.47. The number of halogens is 3. The van der Waals surface area contributed by atoms with Crippen molar-refractivity contribution in [2.45, 2.75) is 38.1 Å². The van der Waals surface area contributed by atoms with Gasteiger partial charge in [-0.2, -0.15) is 0 Å². The van der Waals surface area contributed by atoms with E-state index in [1.165, 1.54) is 37.7 Å². The van der Waals surface area contributed by atoms with Gasteiger partial charge in [0.05, 0.1) is 11.6 Å². The van der Waals surface area contributed by atoms with Gasteiger partial charge in [0.15, 0.2) is 0 Å². The zero-order valence-corrected chi connectivity index (χ0v) is 17.5. The van der Waals surface area contributed by atoms with Gasteiger partial charge >= 0.3 is 0 Å². The molecule has 0 aromatic heterocycles. The second-order valence-corrected chi connectivity index (χ2v) is 7.38. The Balaban J connectivity index is 0.00000144. The van der Waals surface area contributed by atoms with E-state index >= 15 is 0 Å². The van der Waals surface area contributed by atoms with Gasteiger partial charge in [0, 0.05) is 32.2 Å². The van der Waals surface area contributed by atoms with Crippen molar-refractivity contribution in [2.24, 2.45) is 5.92 Å². The maximum Gasteiger partial charge on any atom is 0.133 e. The van der Waals surface area contributed by atoms with Crippen molar-refractivity contribution in [1.82, 2.24) is 10.2 Å². The van der Waals surface area contributed by atoms with E-state index in [1.807, 2.05) is 0 Å². The number of hydrogen-bond acceptors (Lipinski definition) is 3. The zero-order valence-electron chi connectivity index (χ0n) is 14.3. The molecule has 0 spiro atoms. The summed E-state index contributed by atoms with van der Waals surface area (Å²) in [6.45, 7) is 4.54. The summed E-state index contributed by atoms with van der Waals surface area (Å²) in [6.07, 6.45) is 6.95. The number of ether oxygens (including phenoxy) is 1. The Bertz CT molecular complexity index is 474. The van der Waals surface area contributed by atoms with Crippen molar-refractivity contribution in [1.29, 1.82) is 0 Å². The highest BCUT2D eigenvalue weighted by Crippen LogP contribution is 2.40. The van der Waals surface area contributed by atoms with Crippen molar-refractivity contribution in [3.63, 3.8) is 0 Å². The van der Waals surface area contributed by atoms with E-state index in [0.29, 0.717) is 6.04 Å². The quantitative estimate of drug-likeness (QED) is 0.727. The molecule has 1 atom stereocenters. The summed E-state index contributed by atoms with van der Waals surface area (Å²) in [7, 11) is 1.73. The van der Waals surface area contributed by atoms with Crippen LogP contribution in [-0.2, 0) is 0 Å². The number of rotatable bonds is 4. The van der Waals surface area contributed by atoms with Crippen molar-refractivity contribution in [2.75, 3.05) is 33.3 Å². The first-order chi connectivity index (χ1) is 10.8. The van der Waals surface area contributed by atoms with Crippen LogP contribution in [0, 0.1) is 5.92 Å². The molecule has 1 aromatic rings. The first-order valence-electron chi connectivity index (χ1n) is 8.58. The maximum absolute atomic E-state index is 5.40. The third-order valence-corrected chi connectivity index (χ3v) is 5.78. The molecule has 1 heterocycles. The summed E-state index contributed by atoms with van der Waals surface area (Å²) in [5, 5.41) is 3.48. The molecule has 0 amide bonds. The lowest BCUT2D eigenvalue weighted by atomic mass is 9.80. The number of methoxy groups -OCH3 is 1. The number of nitrogens with zero attached hydrogens (tertiary/aromatic N) is 1. The fourth-order valence-corrected chi connectivity index (χ4v) is 4.62. The summed E-state index contributed by atoms with van der Waals surface area (Å²) in [6, 6.07) is 7.22. The number of benzene rings is 1. The van der Waals surface area contributed by atoms with Crippen LogP contribution in [0.4, 0.5) is 0 Å². The highest BCUT2D eigenvalue weighted by Gasteiger charge is 2.31. The highest BCUT2D eigenvalue weighted by molar-refractivity contribution is 9.10. The Hall–Kier alpha value is -0.000000000000000111. The molecule has 1 N–H and O–H groups in total. The van der Waals surface area contributed by atoms with Crippen LogP contribution in [-0.4, -0.2) is 38.2 Å². The van der Waals surface area contributed by atoms with Crippen LogP contribution in [0.5, 0.6) is 5.75 Å². The van der Waals surface area contributed by atoms with E-state index in [0.717, 1.165) is 42.3 Å². The second-order valence-electron chi connectivity index (χ2n) is 6.52. The van der Waals surface area contributed by atoms with Crippen molar-refractivity contribution in [3.05, 3.63) is 28.2 Å². The Labute approximate surface area is 166 Å². The largest absolute Gasteiger partial charge is 0.496 e. The van der Waals surface area contributed by atoms with Gasteiger partial charge in [-0.05, 0) is 52.4 Å². The average molecular weight is 440 g/mol. The Morgan fingerprint density at radius 3 is 2.38 bits per heavy atom. The molecule has 1 aliphatic heterocycles. The molecule has 0 unspecified atom stereocenters. The lowest BCUT2D eigenvalue weighted by Gasteiger charge is -2.41. The van der Waals surface area contributed by atoms with Crippen LogP contribution >= 0.6 is 40.7 Å². The fraction of sp³-hybridized carbons (Fsp3) is 0.667. The van der Waals surface area contributed by atoms with E-state index in [-0.39, 0.29) is 24.8 Å². The van der Waals surface area contributed by atoms with Crippen LogP contribution in [0.3, 0.4) is 0 Å². The van der Waals surface area contributed by atoms with Gasteiger partial charge in [-0.3, -0.25) is 4.90 Å². The predicted octanol–water partition coefficient (Wildman–Crippen LogP) is 4.83. The molecular weight excluding hydrogens is 411 g/mol. The van der Waals surface area contributed by atoms with E-state index in [1.54, 1.807) is 7.11 Å². The lowest BCUT2D eigenvalue weighted by Crippen LogP contribution is -2.47. The third-order valence-electron chi connectivity index (χ3n) is 5.16. The van der Waals surface area contributed by atoms with Gasteiger partial charge in [-0.25, -0.2) is 0 Å². The molecule has 1 saturated heterocycles. The minimum absolute atomic E-state index is 0. The molecular formula is C18H29BrCl2N2O. The molecule has 24 heavy (non-hydrogen) atoms. The minimum Gasteiger partial charge on any atom is -0.496 e. The Morgan fingerprint density at radius 1 is 1.12 bits per heavy atom. The van der Waals surface area contributed by atoms with E-state index in [2.05, 4.69) is 44.3 Å². The van der Waals surface area contributed by atoms with Crippen LogP contribution in [0.25, 0.3) is 0 Å². The van der Waals surface area contributed by atoms with Crippen molar-refractivity contribution in [3.8, 4) is 5.75 Å². The average Bonchev–Trinajstić information content (AvgIpc) is 2.57. The lowest BCUT2D eigenvalue weighted by molar-refractivity contribution is 0.103. The van der Waals surface area contributed by atoms with E-state index in [9.17, 15) is 0 Å². The summed E-state index contributed by atoms with van der Waals surface area (Å²) in [5.74, 6) is 1.72. The standard InChI is InChI=1S/C18H27BrN2O.2ClH/c1-22-17-8-7-15(13-16(17)19)18(14-5-3-2-4-6-14)21-11-9-20-10-12-21;;/h7-8,13-14,18,20H,2-6,9-12H2,1H3;2*1H/t18-;;/m0../s1. The van der Waals surface area contributed by atoms with Gasteiger partial charge < -0.3 is 10.1 Å². The van der Waals surface area contributed by atoms with E-state index in [4.69, 9.17) is 4.74 Å². The molecule has 1 aromatic carbocycles. The maximum atomic E-state index is 5.40.